The maximum Gasteiger partial charge on any atom is 0.100 e. The molecule has 1 atom stereocenters. The molecule has 1 aliphatic heterocycles. The van der Waals surface area contributed by atoms with Gasteiger partial charge in [0.15, 0.2) is 0 Å². The molecule has 90 valence electrons. The number of benzene rings is 1. The monoisotopic (exact) mass is 296 g/mol. The topological polar surface area (TPSA) is 54.3 Å². The van der Waals surface area contributed by atoms with Crippen LogP contribution in [0, 0.1) is 11.3 Å². The minimum Gasteiger partial charge on any atom is -0.382 e. The summed E-state index contributed by atoms with van der Waals surface area (Å²) in [5.74, 6) is 0. The maximum absolute atomic E-state index is 8.81. The van der Waals surface area contributed by atoms with Crippen molar-refractivity contribution >= 4 is 21.6 Å². The maximum atomic E-state index is 8.81. The van der Waals surface area contributed by atoms with E-state index in [9.17, 15) is 0 Å². The van der Waals surface area contributed by atoms with Crippen LogP contribution >= 0.6 is 15.9 Å². The molecular formula is C12H13BrN2O2. The van der Waals surface area contributed by atoms with Gasteiger partial charge in [-0.1, -0.05) is 0 Å². The van der Waals surface area contributed by atoms with E-state index in [0.717, 1.165) is 10.2 Å². The first-order valence-electron chi connectivity index (χ1n) is 5.42. The summed E-state index contributed by atoms with van der Waals surface area (Å²) in [7, 11) is 0. The molecule has 1 aromatic carbocycles. The molecular weight excluding hydrogens is 284 g/mol. The third-order valence-electron chi connectivity index (χ3n) is 2.51. The number of hydrogen-bond donors (Lipinski definition) is 1. The summed E-state index contributed by atoms with van der Waals surface area (Å²) in [5.41, 5.74) is 1.60. The van der Waals surface area contributed by atoms with Crippen molar-refractivity contribution in [1.82, 2.24) is 0 Å². The number of ether oxygens (including phenoxy) is 2. The van der Waals surface area contributed by atoms with E-state index in [0.29, 0.717) is 31.9 Å². The Morgan fingerprint density at radius 3 is 3.00 bits per heavy atom. The summed E-state index contributed by atoms with van der Waals surface area (Å²) in [6.07, 6.45) is 0.0955. The van der Waals surface area contributed by atoms with Crippen molar-refractivity contribution in [2.24, 2.45) is 0 Å². The lowest BCUT2D eigenvalue weighted by atomic mass is 10.2. The highest BCUT2D eigenvalue weighted by Gasteiger charge is 2.13. The Morgan fingerprint density at radius 2 is 2.35 bits per heavy atom. The van der Waals surface area contributed by atoms with Gasteiger partial charge in [-0.3, -0.25) is 0 Å². The van der Waals surface area contributed by atoms with Crippen LogP contribution in [0.5, 0.6) is 0 Å². The average Bonchev–Trinajstić information content (AvgIpc) is 2.38. The summed E-state index contributed by atoms with van der Waals surface area (Å²) in [6.45, 7) is 2.67. The summed E-state index contributed by atoms with van der Waals surface area (Å²) in [5, 5.41) is 12.1. The van der Waals surface area contributed by atoms with E-state index in [-0.39, 0.29) is 6.10 Å². The molecule has 0 saturated carbocycles. The molecule has 0 radical (unpaired) electrons. The first-order chi connectivity index (χ1) is 8.29. The van der Waals surface area contributed by atoms with Crippen molar-refractivity contribution < 1.29 is 9.47 Å². The molecule has 1 aromatic rings. The molecule has 17 heavy (non-hydrogen) atoms. The highest BCUT2D eigenvalue weighted by Crippen LogP contribution is 2.20. The summed E-state index contributed by atoms with van der Waals surface area (Å²) < 4.78 is 11.6. The molecule has 0 bridgehead atoms. The Kier molecular flexibility index (Phi) is 4.37. The van der Waals surface area contributed by atoms with Gasteiger partial charge in [0, 0.05) is 16.7 Å². The number of nitrogens with one attached hydrogen (secondary N) is 1. The minimum absolute atomic E-state index is 0.0955. The van der Waals surface area contributed by atoms with E-state index in [1.165, 1.54) is 0 Å². The number of hydrogen-bond acceptors (Lipinski definition) is 4. The van der Waals surface area contributed by atoms with E-state index in [1.807, 2.05) is 12.1 Å². The lowest BCUT2D eigenvalue weighted by Crippen LogP contribution is -2.34. The van der Waals surface area contributed by atoms with Gasteiger partial charge in [0.2, 0.25) is 0 Å². The molecule has 0 amide bonds. The Balaban J connectivity index is 1.90. The minimum atomic E-state index is 0.0955. The standard InChI is InChI=1S/C12H13BrN2O2/c13-12-5-10(2-1-9(12)6-14)15-7-11-8-16-3-4-17-11/h1-2,5,11,15H,3-4,7-8H2. The largest absolute Gasteiger partial charge is 0.382 e. The molecule has 4 nitrogen and oxygen atoms in total. The highest BCUT2D eigenvalue weighted by atomic mass is 79.9. The quantitative estimate of drug-likeness (QED) is 0.929. The van der Waals surface area contributed by atoms with Gasteiger partial charge in [-0.2, -0.15) is 5.26 Å². The average molecular weight is 297 g/mol. The lowest BCUT2D eigenvalue weighted by molar-refractivity contribution is -0.0818. The van der Waals surface area contributed by atoms with Gasteiger partial charge in [0.1, 0.15) is 6.07 Å². The second-order valence-corrected chi connectivity index (χ2v) is 4.61. The summed E-state index contributed by atoms with van der Waals surface area (Å²) >= 11 is 3.35. The summed E-state index contributed by atoms with van der Waals surface area (Å²) in [4.78, 5) is 0. The second-order valence-electron chi connectivity index (χ2n) is 3.76. The van der Waals surface area contributed by atoms with Gasteiger partial charge < -0.3 is 14.8 Å². The number of anilines is 1. The van der Waals surface area contributed by atoms with Gasteiger partial charge in [0.25, 0.3) is 0 Å². The van der Waals surface area contributed by atoms with Crippen LogP contribution in [-0.4, -0.2) is 32.5 Å². The molecule has 1 aliphatic rings. The van der Waals surface area contributed by atoms with E-state index in [2.05, 4.69) is 27.3 Å². The zero-order valence-corrected chi connectivity index (χ0v) is 10.9. The smallest absolute Gasteiger partial charge is 0.100 e. The third kappa shape index (κ3) is 3.43. The third-order valence-corrected chi connectivity index (χ3v) is 3.16. The van der Waals surface area contributed by atoms with Crippen LogP contribution in [0.2, 0.25) is 0 Å². The fraction of sp³-hybridized carbons (Fsp3) is 0.417. The van der Waals surface area contributed by atoms with Crippen LogP contribution in [0.1, 0.15) is 5.56 Å². The molecule has 1 fully saturated rings. The van der Waals surface area contributed by atoms with E-state index in [4.69, 9.17) is 14.7 Å². The van der Waals surface area contributed by atoms with Crippen molar-refractivity contribution in [2.45, 2.75) is 6.10 Å². The van der Waals surface area contributed by atoms with E-state index < -0.39 is 0 Å². The number of halogens is 1. The first kappa shape index (κ1) is 12.4. The van der Waals surface area contributed by atoms with Crippen molar-refractivity contribution in [3.63, 3.8) is 0 Å². The van der Waals surface area contributed by atoms with Crippen molar-refractivity contribution in [3.8, 4) is 6.07 Å². The molecule has 1 unspecified atom stereocenters. The molecule has 0 aromatic heterocycles. The Bertz CT molecular complexity index is 425. The van der Waals surface area contributed by atoms with Gasteiger partial charge in [-0.25, -0.2) is 0 Å². The van der Waals surface area contributed by atoms with Crippen molar-refractivity contribution in [3.05, 3.63) is 28.2 Å². The Morgan fingerprint density at radius 1 is 1.47 bits per heavy atom. The van der Waals surface area contributed by atoms with E-state index in [1.54, 1.807) is 6.07 Å². The first-order valence-corrected chi connectivity index (χ1v) is 6.22. The zero-order valence-electron chi connectivity index (χ0n) is 9.28. The molecule has 1 N–H and O–H groups in total. The van der Waals surface area contributed by atoms with Crippen LogP contribution in [0.15, 0.2) is 22.7 Å². The SMILES string of the molecule is N#Cc1ccc(NCC2COCCO2)cc1Br. The van der Waals surface area contributed by atoms with Crippen LogP contribution < -0.4 is 5.32 Å². The normalized spacial score (nSPS) is 19.6. The zero-order chi connectivity index (χ0) is 12.1. The lowest BCUT2D eigenvalue weighted by Gasteiger charge is -2.23. The van der Waals surface area contributed by atoms with Crippen LogP contribution in [-0.2, 0) is 9.47 Å². The molecule has 1 saturated heterocycles. The Labute approximate surface area is 109 Å². The molecule has 1 heterocycles. The predicted octanol–water partition coefficient (Wildman–Crippen LogP) is 2.15. The number of rotatable bonds is 3. The van der Waals surface area contributed by atoms with Gasteiger partial charge in [-0.05, 0) is 34.1 Å². The highest BCUT2D eigenvalue weighted by molar-refractivity contribution is 9.10. The van der Waals surface area contributed by atoms with Crippen molar-refractivity contribution in [1.29, 1.82) is 5.26 Å². The Hall–Kier alpha value is -1.09. The fourth-order valence-corrected chi connectivity index (χ4v) is 2.07. The number of nitrogens with zero attached hydrogens (tertiary/aromatic N) is 1. The van der Waals surface area contributed by atoms with Gasteiger partial charge in [-0.15, -0.1) is 0 Å². The van der Waals surface area contributed by atoms with Crippen LogP contribution in [0.4, 0.5) is 5.69 Å². The molecule has 0 aliphatic carbocycles. The molecule has 2 rings (SSSR count). The van der Waals surface area contributed by atoms with E-state index >= 15 is 0 Å². The van der Waals surface area contributed by atoms with Crippen LogP contribution in [0.3, 0.4) is 0 Å². The second kappa shape index (κ2) is 6.01. The molecule has 5 heteroatoms. The van der Waals surface area contributed by atoms with Crippen LogP contribution in [0.25, 0.3) is 0 Å². The van der Waals surface area contributed by atoms with Gasteiger partial charge >= 0.3 is 0 Å². The number of nitriles is 1. The fourth-order valence-electron chi connectivity index (χ4n) is 1.60. The van der Waals surface area contributed by atoms with Gasteiger partial charge in [0.05, 0.1) is 31.5 Å². The molecule has 0 spiro atoms. The predicted molar refractivity (Wildman–Crippen MR) is 67.9 cm³/mol. The van der Waals surface area contributed by atoms with Crippen molar-refractivity contribution in [2.75, 3.05) is 31.7 Å². The summed E-state index contributed by atoms with van der Waals surface area (Å²) in [6, 6.07) is 7.66.